The normalized spacial score (nSPS) is 14.3. The highest BCUT2D eigenvalue weighted by atomic mass is 32.1. The Bertz CT molecular complexity index is 7410. The van der Waals surface area contributed by atoms with E-state index < -0.39 is 0 Å². The maximum atomic E-state index is 13.3. The van der Waals surface area contributed by atoms with Crippen LogP contribution in [0.15, 0.2) is 262 Å². The van der Waals surface area contributed by atoms with Gasteiger partial charge in [-0.25, -0.2) is 24.9 Å². The van der Waals surface area contributed by atoms with Crippen LogP contribution in [0, 0.1) is 82.0 Å². The predicted molar refractivity (Wildman–Crippen MR) is 558 cm³/mol. The van der Waals surface area contributed by atoms with Crippen molar-refractivity contribution in [1.29, 1.82) is 0 Å². The van der Waals surface area contributed by atoms with Gasteiger partial charge in [0.15, 0.2) is 33.8 Å². The third-order valence-corrected chi connectivity index (χ3v) is 27.4. The Morgan fingerprint density at radius 1 is 0.343 bits per heavy atom. The maximum absolute atomic E-state index is 13.3. The number of likely N-dealkylation sites (N-methyl/N-ethyl adjacent to an activating group) is 3. The lowest BCUT2D eigenvalue weighted by atomic mass is 9.97. The van der Waals surface area contributed by atoms with Crippen molar-refractivity contribution in [3.63, 3.8) is 0 Å². The second kappa shape index (κ2) is 46.6. The standard InChI is InChI=1S/C31H32N4O.C30H30N4O.C29H29N5O.C27H27N5OS/c1-23-8-13-29(32-14-18-34-15-5-6-16-34)27(19-23)21-30(36)26-10-9-24(2)25(20-26)11-12-28-22-33-31-7-3-4-17-35(28)31;1-23-6-11-27(20-26(23)12-13-28-21-31-30-5-3-4-14-34(28)30)29(35)19-24-7-9-25(10-8-24)22-33-17-15-32(2)16-18-33;1-22-16-24(6-8-26(22)21-33-14-12-32(2)13-15-33)18-28(35)25-5-3-4-23(17-25)7-9-27-19-31-29-20-30-10-11-34(27)29;1-20-15-21(6-7-22(20)19-31-13-11-30(2)12-14-31)16-24(33)25-18-29-27(34-25)9-8-23-17-28-26-5-3-4-10-32(23)26/h3-4,7-10,13,17,19-20,22,32H,5-6,14-16,18,21H2,1-2H3;3-11,14,20-21H,15-19,22H2,1-2H3;3-6,8,10-11,16-17,19-20H,12-15,18,21H2,1-2H3;3-7,10,15,17-18H,11-14,16,19H2,1-2H3. The number of nitrogens with zero attached hydrogens (tertiary/aromatic N) is 17. The zero-order valence-corrected chi connectivity index (χ0v) is 82.0. The van der Waals surface area contributed by atoms with Crippen molar-refractivity contribution in [2.24, 2.45) is 0 Å². The molecule has 4 fully saturated rings. The Hall–Kier alpha value is -14.7. The number of piperazine rings is 3. The van der Waals surface area contributed by atoms with Crippen molar-refractivity contribution < 1.29 is 19.2 Å². The molecule has 0 aliphatic carbocycles. The molecule has 0 radical (unpaired) electrons. The van der Waals surface area contributed by atoms with Crippen LogP contribution < -0.4 is 5.32 Å². The number of rotatable bonds is 22. The number of carbonyl (C=O) groups excluding carboxylic acids is 4. The third-order valence-electron chi connectivity index (χ3n) is 26.4. The van der Waals surface area contributed by atoms with Crippen LogP contribution in [-0.4, -0.2) is 231 Å². The number of nitrogens with one attached hydrogen (secondary N) is 1. The average molecular weight is 1870 g/mol. The Labute approximate surface area is 824 Å². The van der Waals surface area contributed by atoms with Crippen LogP contribution in [0.4, 0.5) is 5.69 Å². The first kappa shape index (κ1) is 97.0. The van der Waals surface area contributed by atoms with E-state index in [0.717, 1.165) is 218 Å². The number of imidazole rings is 4. The molecule has 4 aliphatic heterocycles. The number of thiazole rings is 1. The average Bonchev–Trinajstić information content (AvgIpc) is 1.26. The van der Waals surface area contributed by atoms with Gasteiger partial charge < -0.3 is 24.9 Å². The highest BCUT2D eigenvalue weighted by Crippen LogP contribution is 2.27. The van der Waals surface area contributed by atoms with Crippen molar-refractivity contribution in [2.75, 3.05) is 131 Å². The van der Waals surface area contributed by atoms with Gasteiger partial charge in [-0.1, -0.05) is 151 Å². The molecule has 706 valence electrons. The molecule has 0 bridgehead atoms. The molecule has 0 atom stereocenters. The molecule has 16 aromatic rings. The fourth-order valence-corrected chi connectivity index (χ4v) is 18.5. The van der Waals surface area contributed by atoms with Crippen molar-refractivity contribution in [2.45, 2.75) is 92.8 Å². The number of hydrogen-bond acceptors (Lipinski definition) is 19. The topological polar surface area (TPSA) is 198 Å². The number of benzene rings is 7. The molecule has 4 aliphatic rings. The molecule has 7 aromatic carbocycles. The van der Waals surface area contributed by atoms with Crippen LogP contribution in [0.3, 0.4) is 0 Å². The molecule has 140 heavy (non-hydrogen) atoms. The molecular formula is C117H118N18O4S. The van der Waals surface area contributed by atoms with Gasteiger partial charge in [0.05, 0.1) is 42.1 Å². The summed E-state index contributed by atoms with van der Waals surface area (Å²) in [7, 11) is 6.53. The number of fused-ring (bicyclic) bond motifs is 4. The van der Waals surface area contributed by atoms with Crippen LogP contribution in [0.2, 0.25) is 0 Å². The minimum absolute atomic E-state index is 0.0755. The zero-order chi connectivity index (χ0) is 96.8. The Morgan fingerprint density at radius 3 is 1.33 bits per heavy atom. The number of pyridine rings is 3. The van der Waals surface area contributed by atoms with E-state index in [1.54, 1.807) is 43.4 Å². The van der Waals surface area contributed by atoms with Crippen LogP contribution in [0.25, 0.3) is 22.6 Å². The molecule has 4 saturated heterocycles. The summed E-state index contributed by atoms with van der Waals surface area (Å²) >= 11 is 1.34. The van der Waals surface area contributed by atoms with Gasteiger partial charge in [-0.05, 0) is 239 Å². The fraction of sp³-hybridized carbons (Fsp3) is 0.282. The van der Waals surface area contributed by atoms with Crippen molar-refractivity contribution in [3.8, 4) is 47.4 Å². The summed E-state index contributed by atoms with van der Waals surface area (Å²) in [6, 6.07) is 64.4. The number of hydrogen-bond donors (Lipinski definition) is 1. The molecule has 0 spiro atoms. The number of Topliss-reactive ketones (excluding diaryl/α,β-unsaturated/α-hetero) is 4. The van der Waals surface area contributed by atoms with Gasteiger partial charge in [0.25, 0.3) is 0 Å². The Kier molecular flexibility index (Phi) is 32.3. The monoisotopic (exact) mass is 1870 g/mol. The van der Waals surface area contributed by atoms with Gasteiger partial charge in [0.2, 0.25) is 0 Å². The van der Waals surface area contributed by atoms with E-state index in [2.05, 4.69) is 238 Å². The lowest BCUT2D eigenvalue weighted by molar-refractivity contribution is 0.0984. The van der Waals surface area contributed by atoms with E-state index >= 15 is 0 Å². The van der Waals surface area contributed by atoms with Crippen LogP contribution in [-0.2, 0) is 45.3 Å². The third kappa shape index (κ3) is 26.0. The zero-order valence-electron chi connectivity index (χ0n) is 81.1. The molecule has 13 heterocycles. The molecule has 22 nitrogen and oxygen atoms in total. The van der Waals surface area contributed by atoms with E-state index in [0.29, 0.717) is 52.3 Å². The predicted octanol–water partition coefficient (Wildman–Crippen LogP) is 16.8. The van der Waals surface area contributed by atoms with Gasteiger partial charge in [0.1, 0.15) is 39.7 Å². The first-order chi connectivity index (χ1) is 68.2. The van der Waals surface area contributed by atoms with Crippen molar-refractivity contribution in [1.82, 2.24) is 81.8 Å². The second-order valence-electron chi connectivity index (χ2n) is 36.9. The largest absolute Gasteiger partial charge is 0.384 e. The SMILES string of the molecule is Cc1cc(CC(=O)c2cccc(C#Cc3cnc4cnccn34)c2)ccc1CN1CCN(C)CC1.Cc1cc(CC(=O)c2cnc(C#Cc3cnc4ccccn34)s2)ccc1CN1CCN(C)CC1.Cc1ccc(C(=O)Cc2ccc(CN3CCN(C)CC3)cc2)cc1C#Cc1cnc2ccccn12.Cc1ccc(NCCN2CCCC2)c(CC(=O)c2ccc(C)c(C#Cc3cnc4ccccn34)c2)c1. The highest BCUT2D eigenvalue weighted by Gasteiger charge is 2.23. The highest BCUT2D eigenvalue weighted by molar-refractivity contribution is 7.14. The molecule has 9 aromatic heterocycles. The summed E-state index contributed by atoms with van der Waals surface area (Å²) in [5.41, 5.74) is 26.1. The van der Waals surface area contributed by atoms with Crippen LogP contribution in [0.5, 0.6) is 0 Å². The van der Waals surface area contributed by atoms with E-state index in [4.69, 9.17) is 0 Å². The summed E-state index contributed by atoms with van der Waals surface area (Å²) in [6.45, 7) is 30.9. The number of ketones is 4. The van der Waals surface area contributed by atoms with Crippen LogP contribution >= 0.6 is 11.3 Å². The summed E-state index contributed by atoms with van der Waals surface area (Å²) in [5, 5.41) is 4.20. The van der Waals surface area contributed by atoms with Gasteiger partial charge in [0, 0.05) is 207 Å². The van der Waals surface area contributed by atoms with Gasteiger partial charge >= 0.3 is 0 Å². The molecule has 0 unspecified atom stereocenters. The molecule has 0 amide bonds. The van der Waals surface area contributed by atoms with Crippen molar-refractivity contribution in [3.05, 3.63) is 395 Å². The lowest BCUT2D eigenvalue weighted by Crippen LogP contribution is -2.43. The molecule has 0 saturated carbocycles. The molecule has 23 heteroatoms. The number of aryl methyl sites for hydroxylation is 5. The minimum Gasteiger partial charge on any atom is -0.384 e. The number of anilines is 1. The van der Waals surface area contributed by atoms with E-state index in [9.17, 15) is 19.2 Å². The minimum atomic E-state index is 0.0755. The first-order valence-electron chi connectivity index (χ1n) is 48.3. The fourth-order valence-electron chi connectivity index (χ4n) is 17.7. The summed E-state index contributed by atoms with van der Waals surface area (Å²) in [6.07, 6.45) is 23.9. The first-order valence-corrected chi connectivity index (χ1v) is 49.1. The quantitative estimate of drug-likeness (QED) is 0.0496. The second-order valence-corrected chi connectivity index (χ2v) is 38.0. The van der Waals surface area contributed by atoms with Crippen LogP contribution in [0.1, 0.15) is 165 Å². The van der Waals surface area contributed by atoms with Gasteiger partial charge in [-0.15, -0.1) is 11.3 Å². The lowest BCUT2D eigenvalue weighted by Gasteiger charge is -2.32. The number of likely N-dealkylation sites (tertiary alicyclic amines) is 1. The summed E-state index contributed by atoms with van der Waals surface area (Å²) < 4.78 is 7.76. The summed E-state index contributed by atoms with van der Waals surface area (Å²) in [5.74, 6) is 25.8. The smallest absolute Gasteiger partial charge is 0.178 e. The Balaban J connectivity index is 0.000000129. The van der Waals surface area contributed by atoms with Crippen molar-refractivity contribution >= 4 is 62.7 Å². The van der Waals surface area contributed by atoms with Gasteiger partial charge in [-0.3, -0.25) is 56.5 Å². The molecular weight excluding hydrogens is 1750 g/mol. The maximum Gasteiger partial charge on any atom is 0.178 e. The van der Waals surface area contributed by atoms with E-state index in [1.807, 2.05) is 171 Å². The van der Waals surface area contributed by atoms with E-state index in [1.165, 1.54) is 65.1 Å². The van der Waals surface area contributed by atoms with E-state index in [-0.39, 0.29) is 23.1 Å². The Morgan fingerprint density at radius 2 is 0.800 bits per heavy atom. The molecule has 20 rings (SSSR count). The molecule has 1 N–H and O–H groups in total. The van der Waals surface area contributed by atoms with Gasteiger partial charge in [-0.2, -0.15) is 0 Å². The number of aromatic nitrogens is 10. The number of carbonyl (C=O) groups is 4. The summed E-state index contributed by atoms with van der Waals surface area (Å²) in [4.78, 5) is 95.9.